The zero-order valence-electron chi connectivity index (χ0n) is 9.28. The van der Waals surface area contributed by atoms with Crippen molar-refractivity contribution in [1.82, 2.24) is 19.7 Å². The zero-order valence-corrected chi connectivity index (χ0v) is 10.1. The number of aromatic nitrogens is 4. The van der Waals surface area contributed by atoms with Crippen LogP contribution in [-0.2, 0) is 7.05 Å². The van der Waals surface area contributed by atoms with Crippen molar-refractivity contribution in [2.45, 2.75) is 17.0 Å². The first-order valence-electron chi connectivity index (χ1n) is 4.80. The molecule has 0 saturated carbocycles. The lowest BCUT2D eigenvalue weighted by molar-refractivity contribution is 0.0689. The number of aryl methyl sites for hydroxylation is 2. The zero-order chi connectivity index (χ0) is 12.4. The van der Waals surface area contributed by atoms with E-state index in [1.807, 2.05) is 20.0 Å². The summed E-state index contributed by atoms with van der Waals surface area (Å²) in [5.41, 5.74) is 0.862. The van der Waals surface area contributed by atoms with Gasteiger partial charge >= 0.3 is 5.97 Å². The summed E-state index contributed by atoms with van der Waals surface area (Å²) in [6, 6.07) is 1.93. The van der Waals surface area contributed by atoms with Crippen molar-refractivity contribution >= 4 is 17.7 Å². The van der Waals surface area contributed by atoms with E-state index in [1.54, 1.807) is 4.68 Å². The van der Waals surface area contributed by atoms with Gasteiger partial charge in [-0.25, -0.2) is 14.8 Å². The number of hydrogen-bond acceptors (Lipinski definition) is 5. The van der Waals surface area contributed by atoms with Gasteiger partial charge in [0.15, 0.2) is 5.69 Å². The number of hydrogen-bond donors (Lipinski definition) is 1. The Hall–Kier alpha value is -1.89. The van der Waals surface area contributed by atoms with Crippen molar-refractivity contribution in [3.8, 4) is 0 Å². The topological polar surface area (TPSA) is 80.9 Å². The molecule has 7 heteroatoms. The fourth-order valence-electron chi connectivity index (χ4n) is 1.27. The maximum atomic E-state index is 10.6. The average molecular weight is 250 g/mol. The van der Waals surface area contributed by atoms with E-state index in [-0.39, 0.29) is 5.69 Å². The van der Waals surface area contributed by atoms with Gasteiger partial charge in [-0.15, -0.1) is 0 Å². The van der Waals surface area contributed by atoms with Gasteiger partial charge in [0.2, 0.25) is 0 Å². The predicted molar refractivity (Wildman–Crippen MR) is 61.1 cm³/mol. The molecule has 0 saturated heterocycles. The van der Waals surface area contributed by atoms with Crippen LogP contribution in [0.5, 0.6) is 0 Å². The molecule has 2 aromatic heterocycles. The number of nitrogens with zero attached hydrogens (tertiary/aromatic N) is 4. The summed E-state index contributed by atoms with van der Waals surface area (Å²) in [5, 5.41) is 14.5. The first-order valence-corrected chi connectivity index (χ1v) is 5.62. The highest BCUT2D eigenvalue weighted by Crippen LogP contribution is 2.25. The van der Waals surface area contributed by atoms with Crippen molar-refractivity contribution < 1.29 is 9.90 Å². The molecule has 1 N–H and O–H groups in total. The highest BCUT2D eigenvalue weighted by molar-refractivity contribution is 7.99. The number of aromatic carboxylic acids is 1. The molecule has 0 radical (unpaired) electrons. The van der Waals surface area contributed by atoms with E-state index in [0.29, 0.717) is 5.03 Å². The Morgan fingerprint density at radius 3 is 2.65 bits per heavy atom. The molecule has 0 bridgehead atoms. The maximum Gasteiger partial charge on any atom is 0.356 e. The van der Waals surface area contributed by atoms with E-state index >= 15 is 0 Å². The van der Waals surface area contributed by atoms with Gasteiger partial charge in [-0.2, -0.15) is 5.10 Å². The van der Waals surface area contributed by atoms with Crippen molar-refractivity contribution in [3.63, 3.8) is 0 Å². The largest absolute Gasteiger partial charge is 0.476 e. The lowest BCUT2D eigenvalue weighted by Gasteiger charge is -2.00. The second-order valence-corrected chi connectivity index (χ2v) is 4.44. The number of carboxylic acid groups (broad SMARTS) is 1. The van der Waals surface area contributed by atoms with Gasteiger partial charge in [-0.3, -0.25) is 4.68 Å². The van der Waals surface area contributed by atoms with E-state index in [1.165, 1.54) is 24.2 Å². The summed E-state index contributed by atoms with van der Waals surface area (Å²) in [5.74, 6) is -1.08. The van der Waals surface area contributed by atoms with E-state index in [4.69, 9.17) is 5.11 Å². The molecule has 0 unspecified atom stereocenters. The molecule has 0 spiro atoms. The third kappa shape index (κ3) is 2.62. The van der Waals surface area contributed by atoms with Crippen LogP contribution in [0.25, 0.3) is 0 Å². The summed E-state index contributed by atoms with van der Waals surface area (Å²) in [7, 11) is 1.84. The molecule has 0 aliphatic heterocycles. The Labute approximate surface area is 102 Å². The van der Waals surface area contributed by atoms with Crippen LogP contribution < -0.4 is 0 Å². The number of carbonyl (C=O) groups is 1. The molecule has 6 nitrogen and oxygen atoms in total. The van der Waals surface area contributed by atoms with Crippen LogP contribution in [0.15, 0.2) is 28.5 Å². The monoisotopic (exact) mass is 250 g/mol. The molecule has 0 amide bonds. The normalized spacial score (nSPS) is 10.5. The molecular formula is C10H10N4O2S. The van der Waals surface area contributed by atoms with Gasteiger partial charge in [-0.1, -0.05) is 0 Å². The minimum atomic E-state index is -1.08. The van der Waals surface area contributed by atoms with Gasteiger partial charge in [-0.05, 0) is 24.8 Å². The Morgan fingerprint density at radius 1 is 1.41 bits per heavy atom. The standard InChI is InChI=1S/C10H10N4O2S/c1-6-3-9(14(2)13-6)17-8-5-11-7(4-12-8)10(15)16/h3-5H,1-2H3,(H,15,16). The highest BCUT2D eigenvalue weighted by Gasteiger charge is 2.08. The number of rotatable bonds is 3. The van der Waals surface area contributed by atoms with Crippen molar-refractivity contribution in [2.75, 3.05) is 0 Å². The minimum Gasteiger partial charge on any atom is -0.476 e. The van der Waals surface area contributed by atoms with Crippen LogP contribution in [0.1, 0.15) is 16.2 Å². The second kappa shape index (κ2) is 4.54. The lowest BCUT2D eigenvalue weighted by atomic mass is 10.5. The van der Waals surface area contributed by atoms with Crippen molar-refractivity contribution in [2.24, 2.45) is 7.05 Å². The van der Waals surface area contributed by atoms with Crippen LogP contribution in [-0.4, -0.2) is 30.8 Å². The average Bonchev–Trinajstić information content (AvgIpc) is 2.58. The second-order valence-electron chi connectivity index (χ2n) is 3.39. The highest BCUT2D eigenvalue weighted by atomic mass is 32.2. The maximum absolute atomic E-state index is 10.6. The SMILES string of the molecule is Cc1cc(Sc2cnc(C(=O)O)cn2)n(C)n1. The number of carboxylic acids is 1. The molecule has 0 aliphatic carbocycles. The summed E-state index contributed by atoms with van der Waals surface area (Å²) in [6.07, 6.45) is 2.68. The van der Waals surface area contributed by atoms with Crippen molar-refractivity contribution in [3.05, 3.63) is 29.8 Å². The summed E-state index contributed by atoms with van der Waals surface area (Å²) in [4.78, 5) is 18.4. The molecule has 2 rings (SSSR count). The molecule has 2 heterocycles. The minimum absolute atomic E-state index is 0.0597. The van der Waals surface area contributed by atoms with Gasteiger partial charge in [0.1, 0.15) is 10.1 Å². The lowest BCUT2D eigenvalue weighted by Crippen LogP contribution is -2.01. The quantitative estimate of drug-likeness (QED) is 0.886. The molecule has 17 heavy (non-hydrogen) atoms. The van der Waals surface area contributed by atoms with Gasteiger partial charge in [0.25, 0.3) is 0 Å². The Bertz CT molecular complexity index is 550. The molecule has 0 aliphatic rings. The van der Waals surface area contributed by atoms with Crippen LogP contribution >= 0.6 is 11.8 Å². The van der Waals surface area contributed by atoms with Crippen molar-refractivity contribution in [1.29, 1.82) is 0 Å². The molecule has 2 aromatic rings. The van der Waals surface area contributed by atoms with Crippen LogP contribution in [0.3, 0.4) is 0 Å². The summed E-state index contributed by atoms with van der Waals surface area (Å²) >= 11 is 1.39. The Kier molecular flexibility index (Phi) is 3.10. The summed E-state index contributed by atoms with van der Waals surface area (Å²) in [6.45, 7) is 1.91. The molecular weight excluding hydrogens is 240 g/mol. The fourth-order valence-corrected chi connectivity index (χ4v) is 2.10. The van der Waals surface area contributed by atoms with Crippen LogP contribution in [0.4, 0.5) is 0 Å². The van der Waals surface area contributed by atoms with E-state index in [0.717, 1.165) is 10.7 Å². The van der Waals surface area contributed by atoms with Crippen LogP contribution in [0.2, 0.25) is 0 Å². The van der Waals surface area contributed by atoms with E-state index in [9.17, 15) is 4.79 Å². The van der Waals surface area contributed by atoms with Gasteiger partial charge < -0.3 is 5.11 Å². The van der Waals surface area contributed by atoms with Gasteiger partial charge in [0, 0.05) is 7.05 Å². The van der Waals surface area contributed by atoms with Crippen LogP contribution in [0, 0.1) is 6.92 Å². The van der Waals surface area contributed by atoms with E-state index < -0.39 is 5.97 Å². The third-order valence-corrected chi connectivity index (χ3v) is 3.03. The Balaban J connectivity index is 2.19. The fraction of sp³-hybridized carbons (Fsp3) is 0.200. The first kappa shape index (κ1) is 11.6. The first-order chi connectivity index (χ1) is 8.06. The molecule has 0 aromatic carbocycles. The molecule has 88 valence electrons. The Morgan fingerprint density at radius 2 is 2.18 bits per heavy atom. The predicted octanol–water partition coefficient (Wildman–Crippen LogP) is 1.37. The molecule has 0 fully saturated rings. The third-order valence-electron chi connectivity index (χ3n) is 2.02. The van der Waals surface area contributed by atoms with Gasteiger partial charge in [0.05, 0.1) is 18.1 Å². The summed E-state index contributed by atoms with van der Waals surface area (Å²) < 4.78 is 1.74. The van der Waals surface area contributed by atoms with E-state index in [2.05, 4.69) is 15.1 Å². The molecule has 0 atom stereocenters. The smallest absolute Gasteiger partial charge is 0.356 e.